The third-order valence-electron chi connectivity index (χ3n) is 3.10. The van der Waals surface area contributed by atoms with Crippen molar-refractivity contribution in [3.8, 4) is 0 Å². The number of halogens is 1. The normalized spacial score (nSPS) is 11.2. The topological polar surface area (TPSA) is 21.3 Å². The lowest BCUT2D eigenvalue weighted by Crippen LogP contribution is -2.20. The van der Waals surface area contributed by atoms with Gasteiger partial charge in [0.15, 0.2) is 0 Å². The van der Waals surface area contributed by atoms with Crippen LogP contribution < -0.4 is 5.32 Å². The van der Waals surface area contributed by atoms with Gasteiger partial charge >= 0.3 is 0 Å². The summed E-state index contributed by atoms with van der Waals surface area (Å²) in [6.45, 7) is 8.36. The van der Waals surface area contributed by atoms with Gasteiger partial charge in [0.2, 0.25) is 0 Å². The van der Waals surface area contributed by atoms with Crippen LogP contribution in [0.3, 0.4) is 0 Å². The molecule has 1 aromatic carbocycles. The third-order valence-corrected chi connectivity index (χ3v) is 3.60. The van der Waals surface area contributed by atoms with E-state index >= 15 is 0 Å². The Labute approximate surface area is 132 Å². The van der Waals surface area contributed by atoms with Gasteiger partial charge in [0, 0.05) is 11.1 Å². The van der Waals surface area contributed by atoms with Gasteiger partial charge in [-0.3, -0.25) is 0 Å². The van der Waals surface area contributed by atoms with Crippen molar-refractivity contribution in [2.45, 2.75) is 46.1 Å². The van der Waals surface area contributed by atoms with Crippen molar-refractivity contribution >= 4 is 15.9 Å². The van der Waals surface area contributed by atoms with Crippen LogP contribution in [0.1, 0.15) is 45.1 Å². The van der Waals surface area contributed by atoms with E-state index in [2.05, 4.69) is 47.2 Å². The van der Waals surface area contributed by atoms with Crippen LogP contribution in [0.5, 0.6) is 0 Å². The Hall–Kier alpha value is -0.380. The lowest BCUT2D eigenvalue weighted by molar-refractivity contribution is 0.116. The second kappa shape index (κ2) is 11.3. The monoisotopic (exact) mass is 341 g/mol. The van der Waals surface area contributed by atoms with Crippen LogP contribution in [-0.2, 0) is 11.3 Å². The molecule has 0 saturated heterocycles. The summed E-state index contributed by atoms with van der Waals surface area (Å²) in [5, 5.41) is 3.48. The first-order valence-corrected chi connectivity index (χ1v) is 8.50. The Morgan fingerprint density at radius 3 is 2.70 bits per heavy atom. The molecule has 0 aliphatic heterocycles. The molecule has 0 bridgehead atoms. The summed E-state index contributed by atoms with van der Waals surface area (Å²) in [6, 6.07) is 8.30. The number of rotatable bonds is 11. The molecule has 0 unspecified atom stereocenters. The Kier molecular flexibility index (Phi) is 9.98. The van der Waals surface area contributed by atoms with E-state index in [0.29, 0.717) is 0 Å². The molecule has 1 aromatic rings. The van der Waals surface area contributed by atoms with Gasteiger partial charge in [0.1, 0.15) is 0 Å². The van der Waals surface area contributed by atoms with E-state index in [9.17, 15) is 0 Å². The summed E-state index contributed by atoms with van der Waals surface area (Å²) in [6.07, 6.45) is 5.00. The highest BCUT2D eigenvalue weighted by atomic mass is 79.9. The Morgan fingerprint density at radius 1 is 1.15 bits per heavy atom. The van der Waals surface area contributed by atoms with Gasteiger partial charge in [0.05, 0.1) is 6.61 Å². The molecular formula is C17H28BrNO. The molecule has 0 amide bonds. The molecular weight excluding hydrogens is 314 g/mol. The second-order valence-electron chi connectivity index (χ2n) is 5.69. The Morgan fingerprint density at radius 2 is 1.95 bits per heavy atom. The van der Waals surface area contributed by atoms with Crippen molar-refractivity contribution in [3.05, 3.63) is 34.3 Å². The fourth-order valence-corrected chi connectivity index (χ4v) is 2.46. The van der Waals surface area contributed by atoms with Crippen LogP contribution in [-0.4, -0.2) is 19.7 Å². The summed E-state index contributed by atoms with van der Waals surface area (Å²) in [7, 11) is 0. The van der Waals surface area contributed by atoms with Gasteiger partial charge in [-0.05, 0) is 49.5 Å². The summed E-state index contributed by atoms with van der Waals surface area (Å²) in [5.41, 5.74) is 1.23. The largest absolute Gasteiger partial charge is 0.377 e. The van der Waals surface area contributed by atoms with Crippen molar-refractivity contribution < 1.29 is 4.74 Å². The minimum Gasteiger partial charge on any atom is -0.377 e. The minimum atomic E-state index is 0.718. The molecule has 20 heavy (non-hydrogen) atoms. The average molecular weight is 342 g/mol. The number of hydrogen-bond donors (Lipinski definition) is 1. The molecule has 2 nitrogen and oxygen atoms in total. The molecule has 0 atom stereocenters. The third kappa shape index (κ3) is 9.51. The quantitative estimate of drug-likeness (QED) is 0.585. The van der Waals surface area contributed by atoms with Gasteiger partial charge < -0.3 is 10.1 Å². The SMILES string of the molecule is CC(C)CNCCCCCCOCc1cccc(Br)c1. The standard InChI is InChI=1S/C17H28BrNO/c1-15(2)13-19-10-5-3-4-6-11-20-14-16-8-7-9-17(18)12-16/h7-9,12,15,19H,3-6,10-11,13-14H2,1-2H3. The zero-order valence-corrected chi connectivity index (χ0v) is 14.4. The molecule has 1 N–H and O–H groups in total. The van der Waals surface area contributed by atoms with E-state index in [1.165, 1.54) is 24.8 Å². The van der Waals surface area contributed by atoms with E-state index in [1.807, 2.05) is 12.1 Å². The van der Waals surface area contributed by atoms with E-state index in [0.717, 1.165) is 43.1 Å². The van der Waals surface area contributed by atoms with Crippen LogP contribution in [0.4, 0.5) is 0 Å². The van der Waals surface area contributed by atoms with Crippen molar-refractivity contribution in [3.63, 3.8) is 0 Å². The van der Waals surface area contributed by atoms with Crippen LogP contribution in [0.25, 0.3) is 0 Å². The summed E-state index contributed by atoms with van der Waals surface area (Å²) >= 11 is 3.47. The van der Waals surface area contributed by atoms with E-state index < -0.39 is 0 Å². The highest BCUT2D eigenvalue weighted by molar-refractivity contribution is 9.10. The fourth-order valence-electron chi connectivity index (χ4n) is 2.02. The van der Waals surface area contributed by atoms with Gasteiger partial charge in [-0.2, -0.15) is 0 Å². The zero-order chi connectivity index (χ0) is 14.6. The highest BCUT2D eigenvalue weighted by Crippen LogP contribution is 2.12. The number of benzene rings is 1. The Bertz CT molecular complexity index is 355. The van der Waals surface area contributed by atoms with Crippen LogP contribution in [0, 0.1) is 5.92 Å². The molecule has 0 spiro atoms. The van der Waals surface area contributed by atoms with Crippen molar-refractivity contribution in [2.24, 2.45) is 5.92 Å². The molecule has 0 fully saturated rings. The predicted octanol–water partition coefficient (Wildman–Crippen LogP) is 4.77. The molecule has 3 heteroatoms. The van der Waals surface area contributed by atoms with Crippen molar-refractivity contribution in [2.75, 3.05) is 19.7 Å². The lowest BCUT2D eigenvalue weighted by atomic mass is 10.2. The van der Waals surface area contributed by atoms with Gasteiger partial charge in [0.25, 0.3) is 0 Å². The lowest BCUT2D eigenvalue weighted by Gasteiger charge is -2.07. The molecule has 0 heterocycles. The fraction of sp³-hybridized carbons (Fsp3) is 0.647. The maximum atomic E-state index is 5.70. The van der Waals surface area contributed by atoms with E-state index in [1.54, 1.807) is 0 Å². The van der Waals surface area contributed by atoms with E-state index in [-0.39, 0.29) is 0 Å². The molecule has 0 aliphatic carbocycles. The molecule has 1 rings (SSSR count). The highest BCUT2D eigenvalue weighted by Gasteiger charge is 1.96. The molecule has 114 valence electrons. The first-order chi connectivity index (χ1) is 9.68. The van der Waals surface area contributed by atoms with Crippen molar-refractivity contribution in [1.29, 1.82) is 0 Å². The first-order valence-electron chi connectivity index (χ1n) is 7.71. The summed E-state index contributed by atoms with van der Waals surface area (Å²) in [4.78, 5) is 0. The van der Waals surface area contributed by atoms with E-state index in [4.69, 9.17) is 4.74 Å². The number of hydrogen-bond acceptors (Lipinski definition) is 2. The number of nitrogens with one attached hydrogen (secondary N) is 1. The summed E-state index contributed by atoms with van der Waals surface area (Å²) in [5.74, 6) is 0.751. The average Bonchev–Trinajstić information content (AvgIpc) is 2.40. The van der Waals surface area contributed by atoms with Gasteiger partial charge in [-0.25, -0.2) is 0 Å². The van der Waals surface area contributed by atoms with Crippen molar-refractivity contribution in [1.82, 2.24) is 5.32 Å². The predicted molar refractivity (Wildman–Crippen MR) is 90.0 cm³/mol. The minimum absolute atomic E-state index is 0.718. The van der Waals surface area contributed by atoms with Crippen LogP contribution in [0.15, 0.2) is 28.7 Å². The zero-order valence-electron chi connectivity index (χ0n) is 12.8. The molecule has 0 aliphatic rings. The molecule has 0 aromatic heterocycles. The van der Waals surface area contributed by atoms with Crippen LogP contribution in [0.2, 0.25) is 0 Å². The number of ether oxygens (including phenoxy) is 1. The molecule has 0 radical (unpaired) electrons. The maximum Gasteiger partial charge on any atom is 0.0717 e. The Balaban J connectivity index is 1.88. The number of unbranched alkanes of at least 4 members (excludes halogenated alkanes) is 3. The molecule has 0 saturated carbocycles. The smallest absolute Gasteiger partial charge is 0.0717 e. The maximum absolute atomic E-state index is 5.70. The second-order valence-corrected chi connectivity index (χ2v) is 6.61. The van der Waals surface area contributed by atoms with Crippen LogP contribution >= 0.6 is 15.9 Å². The van der Waals surface area contributed by atoms with Gasteiger partial charge in [-0.1, -0.05) is 54.8 Å². The summed E-state index contributed by atoms with van der Waals surface area (Å²) < 4.78 is 6.82. The van der Waals surface area contributed by atoms with Gasteiger partial charge in [-0.15, -0.1) is 0 Å². The first kappa shape index (κ1) is 17.7.